The molecular formula is C19H27BrN2O6. The molecule has 1 aromatic rings. The molecule has 1 aromatic carbocycles. The lowest BCUT2D eigenvalue weighted by Crippen LogP contribution is -2.37. The number of benzene rings is 1. The Hall–Kier alpha value is -2.16. The minimum atomic E-state index is -0.959. The SMILES string of the molecule is CC(C)(C)OC(=O)CCC(Nc1cc(Br)ccc1[N+](=O)[O-])C(=O)OC(C)(C)C. The van der Waals surface area contributed by atoms with Crippen LogP contribution in [0.15, 0.2) is 22.7 Å². The van der Waals surface area contributed by atoms with Crippen LogP contribution in [0.4, 0.5) is 11.4 Å². The number of nitrogens with zero attached hydrogens (tertiary/aromatic N) is 1. The van der Waals surface area contributed by atoms with Crippen molar-refractivity contribution in [1.82, 2.24) is 0 Å². The van der Waals surface area contributed by atoms with Gasteiger partial charge in [-0.15, -0.1) is 0 Å². The number of nitro groups is 1. The molecule has 0 bridgehead atoms. The van der Waals surface area contributed by atoms with E-state index in [1.165, 1.54) is 18.2 Å². The molecule has 156 valence electrons. The molecule has 0 aromatic heterocycles. The number of carbonyl (C=O) groups excluding carboxylic acids is 2. The highest BCUT2D eigenvalue weighted by molar-refractivity contribution is 9.10. The first-order chi connectivity index (χ1) is 12.7. The predicted molar refractivity (Wildman–Crippen MR) is 109 cm³/mol. The first-order valence-corrected chi connectivity index (χ1v) is 9.62. The van der Waals surface area contributed by atoms with Crippen LogP contribution in [0.2, 0.25) is 0 Å². The number of anilines is 1. The number of carbonyl (C=O) groups is 2. The first-order valence-electron chi connectivity index (χ1n) is 8.83. The van der Waals surface area contributed by atoms with E-state index in [9.17, 15) is 19.7 Å². The van der Waals surface area contributed by atoms with Gasteiger partial charge in [-0.2, -0.15) is 0 Å². The quantitative estimate of drug-likeness (QED) is 0.361. The molecule has 0 fully saturated rings. The van der Waals surface area contributed by atoms with Crippen molar-refractivity contribution in [2.24, 2.45) is 0 Å². The molecule has 0 saturated carbocycles. The minimum absolute atomic E-state index is 0.0457. The Balaban J connectivity index is 3.05. The Labute approximate surface area is 173 Å². The molecule has 1 atom stereocenters. The Morgan fingerprint density at radius 2 is 1.71 bits per heavy atom. The maximum absolute atomic E-state index is 12.6. The van der Waals surface area contributed by atoms with Crippen molar-refractivity contribution >= 4 is 39.2 Å². The van der Waals surface area contributed by atoms with Gasteiger partial charge >= 0.3 is 11.9 Å². The van der Waals surface area contributed by atoms with Crippen molar-refractivity contribution in [2.45, 2.75) is 71.6 Å². The fourth-order valence-corrected chi connectivity index (χ4v) is 2.61. The van der Waals surface area contributed by atoms with Crippen molar-refractivity contribution < 1.29 is 24.0 Å². The summed E-state index contributed by atoms with van der Waals surface area (Å²) >= 11 is 3.26. The van der Waals surface area contributed by atoms with E-state index in [1.807, 2.05) is 0 Å². The van der Waals surface area contributed by atoms with E-state index in [0.29, 0.717) is 4.47 Å². The first kappa shape index (κ1) is 23.9. The van der Waals surface area contributed by atoms with Gasteiger partial charge in [-0.05, 0) is 60.1 Å². The van der Waals surface area contributed by atoms with Gasteiger partial charge in [0.05, 0.1) is 4.92 Å². The van der Waals surface area contributed by atoms with E-state index < -0.39 is 34.1 Å². The van der Waals surface area contributed by atoms with Gasteiger partial charge in [-0.25, -0.2) is 4.79 Å². The predicted octanol–water partition coefficient (Wildman–Crippen LogP) is 4.60. The summed E-state index contributed by atoms with van der Waals surface area (Å²) < 4.78 is 11.3. The van der Waals surface area contributed by atoms with E-state index in [-0.39, 0.29) is 24.2 Å². The van der Waals surface area contributed by atoms with Crippen molar-refractivity contribution in [1.29, 1.82) is 0 Å². The zero-order valence-electron chi connectivity index (χ0n) is 17.0. The van der Waals surface area contributed by atoms with Crippen LogP contribution in [0.1, 0.15) is 54.4 Å². The van der Waals surface area contributed by atoms with Gasteiger partial charge in [-0.3, -0.25) is 14.9 Å². The van der Waals surface area contributed by atoms with Crippen LogP contribution in [0, 0.1) is 10.1 Å². The zero-order chi connectivity index (χ0) is 21.7. The average molecular weight is 459 g/mol. The Morgan fingerprint density at radius 1 is 1.14 bits per heavy atom. The number of esters is 2. The molecule has 0 heterocycles. The summed E-state index contributed by atoms with van der Waals surface area (Å²) in [6.45, 7) is 10.4. The summed E-state index contributed by atoms with van der Waals surface area (Å²) in [4.78, 5) is 35.4. The van der Waals surface area contributed by atoms with Crippen molar-refractivity contribution in [3.05, 3.63) is 32.8 Å². The van der Waals surface area contributed by atoms with Gasteiger partial charge in [-0.1, -0.05) is 15.9 Å². The molecule has 1 rings (SSSR count). The number of rotatable bonds is 7. The summed E-state index contributed by atoms with van der Waals surface area (Å²) in [5.74, 6) is -1.07. The fourth-order valence-electron chi connectivity index (χ4n) is 2.25. The van der Waals surface area contributed by atoms with Crippen LogP contribution in [-0.2, 0) is 19.1 Å². The van der Waals surface area contributed by atoms with Crippen LogP contribution in [0.25, 0.3) is 0 Å². The third kappa shape index (κ3) is 8.69. The third-order valence-corrected chi connectivity index (χ3v) is 3.73. The summed E-state index contributed by atoms with van der Waals surface area (Å²) in [5, 5.41) is 14.2. The van der Waals surface area contributed by atoms with E-state index in [4.69, 9.17) is 9.47 Å². The summed E-state index contributed by atoms with van der Waals surface area (Å²) in [7, 11) is 0. The molecule has 8 nitrogen and oxygen atoms in total. The lowest BCUT2D eigenvalue weighted by atomic mass is 10.1. The molecule has 28 heavy (non-hydrogen) atoms. The monoisotopic (exact) mass is 458 g/mol. The third-order valence-electron chi connectivity index (χ3n) is 3.23. The molecule has 0 saturated heterocycles. The number of nitro benzene ring substituents is 1. The Morgan fingerprint density at radius 3 is 2.21 bits per heavy atom. The lowest BCUT2D eigenvalue weighted by Gasteiger charge is -2.25. The Kier molecular flexibility index (Phi) is 7.98. The molecule has 0 aliphatic carbocycles. The molecule has 0 amide bonds. The van der Waals surface area contributed by atoms with Crippen LogP contribution in [-0.4, -0.2) is 34.1 Å². The van der Waals surface area contributed by atoms with Gasteiger partial charge in [0, 0.05) is 17.0 Å². The molecule has 9 heteroatoms. The van der Waals surface area contributed by atoms with Crippen LogP contribution >= 0.6 is 15.9 Å². The van der Waals surface area contributed by atoms with E-state index in [0.717, 1.165) is 0 Å². The molecule has 1 N–H and O–H groups in total. The summed E-state index contributed by atoms with van der Waals surface area (Å²) in [6, 6.07) is 3.40. The highest BCUT2D eigenvalue weighted by Gasteiger charge is 2.29. The molecular weight excluding hydrogens is 432 g/mol. The zero-order valence-corrected chi connectivity index (χ0v) is 18.6. The van der Waals surface area contributed by atoms with E-state index >= 15 is 0 Å². The number of hydrogen-bond acceptors (Lipinski definition) is 7. The van der Waals surface area contributed by atoms with Crippen LogP contribution < -0.4 is 5.32 Å². The molecule has 0 aliphatic heterocycles. The number of ether oxygens (including phenoxy) is 2. The molecule has 0 aliphatic rings. The van der Waals surface area contributed by atoms with Gasteiger partial charge in [0.2, 0.25) is 0 Å². The standard InChI is InChI=1S/C19H27BrN2O6/c1-18(2,3)27-16(23)10-8-13(17(24)28-19(4,5)6)21-14-11-12(20)7-9-15(14)22(25)26/h7,9,11,13,21H,8,10H2,1-6H3. The second kappa shape index (κ2) is 9.36. The highest BCUT2D eigenvalue weighted by Crippen LogP contribution is 2.29. The Bertz CT molecular complexity index is 737. The second-order valence-electron chi connectivity index (χ2n) is 8.27. The molecule has 0 radical (unpaired) electrons. The number of hydrogen-bond donors (Lipinski definition) is 1. The number of nitrogens with one attached hydrogen (secondary N) is 1. The van der Waals surface area contributed by atoms with E-state index in [2.05, 4.69) is 21.2 Å². The minimum Gasteiger partial charge on any atom is -0.460 e. The highest BCUT2D eigenvalue weighted by atomic mass is 79.9. The molecule has 0 spiro atoms. The van der Waals surface area contributed by atoms with Gasteiger partial charge < -0.3 is 14.8 Å². The smallest absolute Gasteiger partial charge is 0.329 e. The van der Waals surface area contributed by atoms with Crippen LogP contribution in [0.3, 0.4) is 0 Å². The summed E-state index contributed by atoms with van der Waals surface area (Å²) in [6.07, 6.45) is 0.0173. The topological polar surface area (TPSA) is 108 Å². The van der Waals surface area contributed by atoms with E-state index in [1.54, 1.807) is 41.5 Å². The van der Waals surface area contributed by atoms with Crippen LogP contribution in [0.5, 0.6) is 0 Å². The summed E-state index contributed by atoms with van der Waals surface area (Å²) in [5.41, 5.74) is -1.42. The fraction of sp³-hybridized carbons (Fsp3) is 0.579. The van der Waals surface area contributed by atoms with Crippen molar-refractivity contribution in [2.75, 3.05) is 5.32 Å². The van der Waals surface area contributed by atoms with Crippen molar-refractivity contribution in [3.63, 3.8) is 0 Å². The maximum atomic E-state index is 12.6. The normalized spacial score (nSPS) is 12.8. The van der Waals surface area contributed by atoms with Gasteiger partial charge in [0.25, 0.3) is 5.69 Å². The van der Waals surface area contributed by atoms with Gasteiger partial charge in [0.15, 0.2) is 0 Å². The number of halogens is 1. The lowest BCUT2D eigenvalue weighted by molar-refractivity contribution is -0.384. The second-order valence-corrected chi connectivity index (χ2v) is 9.19. The average Bonchev–Trinajstić information content (AvgIpc) is 2.47. The maximum Gasteiger partial charge on any atom is 0.329 e. The van der Waals surface area contributed by atoms with Gasteiger partial charge in [0.1, 0.15) is 22.9 Å². The van der Waals surface area contributed by atoms with Crippen molar-refractivity contribution in [3.8, 4) is 0 Å². The largest absolute Gasteiger partial charge is 0.460 e. The molecule has 1 unspecified atom stereocenters.